The van der Waals surface area contributed by atoms with Crippen LogP contribution in [-0.2, 0) is 17.9 Å². The number of para-hydroxylation sites is 1. The van der Waals surface area contributed by atoms with E-state index in [-0.39, 0.29) is 17.9 Å². The number of nitrogens with zero attached hydrogens (tertiary/aromatic N) is 2. The fourth-order valence-corrected chi connectivity index (χ4v) is 6.55. The van der Waals surface area contributed by atoms with Gasteiger partial charge in [0.2, 0.25) is 5.91 Å². The van der Waals surface area contributed by atoms with Crippen LogP contribution in [0.3, 0.4) is 0 Å². The van der Waals surface area contributed by atoms with Crippen molar-refractivity contribution in [2.24, 2.45) is 11.8 Å². The number of ether oxygens (including phenoxy) is 1. The van der Waals surface area contributed by atoms with E-state index in [4.69, 9.17) is 4.74 Å². The molecule has 1 aliphatic heterocycles. The average molecular weight is 494 g/mol. The highest BCUT2D eigenvalue weighted by atomic mass is 32.1. The van der Waals surface area contributed by atoms with Crippen molar-refractivity contribution < 1.29 is 14.3 Å². The molecule has 2 aromatic heterocycles. The number of fused-ring (bicyclic) bond motifs is 3. The fourth-order valence-electron chi connectivity index (χ4n) is 5.73. The molecule has 0 saturated heterocycles. The Morgan fingerprint density at radius 2 is 2.03 bits per heavy atom. The quantitative estimate of drug-likeness (QED) is 0.496. The first-order valence-electron chi connectivity index (χ1n) is 12.7. The summed E-state index contributed by atoms with van der Waals surface area (Å²) in [4.78, 5) is 29.8. The molecule has 1 aliphatic carbocycles. The molecule has 0 radical (unpaired) electrons. The van der Waals surface area contributed by atoms with Gasteiger partial charge >= 0.3 is 0 Å². The van der Waals surface area contributed by atoms with Crippen molar-refractivity contribution in [3.05, 3.63) is 53.0 Å². The number of thiophene rings is 1. The summed E-state index contributed by atoms with van der Waals surface area (Å²) in [7, 11) is 0. The highest BCUT2D eigenvalue weighted by Crippen LogP contribution is 2.37. The average Bonchev–Trinajstić information content (AvgIpc) is 3.43. The van der Waals surface area contributed by atoms with Gasteiger partial charge in [0.1, 0.15) is 17.0 Å². The van der Waals surface area contributed by atoms with Gasteiger partial charge in [0.15, 0.2) is 0 Å². The normalized spacial score (nSPS) is 26.6. The second kappa shape index (κ2) is 9.34. The van der Waals surface area contributed by atoms with Crippen molar-refractivity contribution in [3.63, 3.8) is 0 Å². The SMILES string of the molecule is CCOc1ccccc1CN1C(=O)c2cc3sccc3n2C[C@]1(C)C(=O)N[C@@H]1CCC[C@@H](C)[C@H]1C. The van der Waals surface area contributed by atoms with E-state index in [1.54, 1.807) is 16.2 Å². The molecule has 6 nitrogen and oxygen atoms in total. The van der Waals surface area contributed by atoms with Gasteiger partial charge in [0, 0.05) is 11.6 Å². The van der Waals surface area contributed by atoms with Gasteiger partial charge in [-0.1, -0.05) is 44.9 Å². The first-order valence-corrected chi connectivity index (χ1v) is 13.6. The molecule has 35 heavy (non-hydrogen) atoms. The molecular weight excluding hydrogens is 458 g/mol. The van der Waals surface area contributed by atoms with E-state index in [0.717, 1.165) is 34.4 Å². The summed E-state index contributed by atoms with van der Waals surface area (Å²) in [5.41, 5.74) is 1.54. The third-order valence-electron chi connectivity index (χ3n) is 8.16. The number of benzene rings is 1. The molecule has 2 aliphatic rings. The smallest absolute Gasteiger partial charge is 0.271 e. The molecule has 1 saturated carbocycles. The van der Waals surface area contributed by atoms with Crippen molar-refractivity contribution in [1.29, 1.82) is 0 Å². The van der Waals surface area contributed by atoms with E-state index < -0.39 is 5.54 Å². The molecule has 7 heteroatoms. The Kier molecular flexibility index (Phi) is 6.38. The monoisotopic (exact) mass is 493 g/mol. The molecule has 0 spiro atoms. The predicted molar refractivity (Wildman–Crippen MR) is 140 cm³/mol. The van der Waals surface area contributed by atoms with Gasteiger partial charge in [0.05, 0.1) is 29.9 Å². The van der Waals surface area contributed by atoms with Crippen molar-refractivity contribution in [1.82, 2.24) is 14.8 Å². The van der Waals surface area contributed by atoms with Crippen LogP contribution >= 0.6 is 11.3 Å². The molecule has 5 rings (SSSR count). The Morgan fingerprint density at radius 3 is 2.83 bits per heavy atom. The minimum atomic E-state index is -1.03. The van der Waals surface area contributed by atoms with E-state index in [9.17, 15) is 9.59 Å². The number of amides is 2. The van der Waals surface area contributed by atoms with Gasteiger partial charge in [-0.15, -0.1) is 11.3 Å². The standard InChI is InChI=1S/C28H35N3O3S/c1-5-34-24-12-7-6-10-20(24)16-31-26(32)23-15-25-22(13-14-35-25)30(23)17-28(31,4)27(33)29-21-11-8-9-18(2)19(21)3/h6-7,10,12-15,18-19,21H,5,8-9,11,16-17H2,1-4H3,(H,29,33)/t18-,19-,21-,28-/m1/s1. The molecule has 2 amide bonds. The Balaban J connectivity index is 1.53. The van der Waals surface area contributed by atoms with Gasteiger partial charge in [-0.3, -0.25) is 9.59 Å². The minimum Gasteiger partial charge on any atom is -0.494 e. The molecule has 186 valence electrons. The highest BCUT2D eigenvalue weighted by molar-refractivity contribution is 7.17. The summed E-state index contributed by atoms with van der Waals surface area (Å²) in [6, 6.07) is 11.9. The third-order valence-corrected chi connectivity index (χ3v) is 9.02. The second-order valence-electron chi connectivity index (χ2n) is 10.3. The fraction of sp³-hybridized carbons (Fsp3) is 0.500. The Morgan fingerprint density at radius 1 is 1.23 bits per heavy atom. The molecule has 0 unspecified atom stereocenters. The summed E-state index contributed by atoms with van der Waals surface area (Å²) in [5, 5.41) is 5.41. The first-order chi connectivity index (χ1) is 16.8. The molecule has 1 aromatic carbocycles. The zero-order chi connectivity index (χ0) is 24.7. The van der Waals surface area contributed by atoms with Crippen LogP contribution in [0.4, 0.5) is 0 Å². The van der Waals surface area contributed by atoms with E-state index in [1.807, 2.05) is 60.2 Å². The Labute approximate surface area is 211 Å². The number of nitrogens with one attached hydrogen (secondary N) is 1. The number of hydrogen-bond acceptors (Lipinski definition) is 4. The lowest BCUT2D eigenvalue weighted by atomic mass is 9.77. The van der Waals surface area contributed by atoms with Crippen molar-refractivity contribution in [2.45, 2.75) is 71.6 Å². The molecule has 4 atom stereocenters. The zero-order valence-corrected chi connectivity index (χ0v) is 21.9. The largest absolute Gasteiger partial charge is 0.494 e. The lowest BCUT2D eigenvalue weighted by Crippen LogP contribution is -2.65. The van der Waals surface area contributed by atoms with Gasteiger partial charge in [-0.2, -0.15) is 0 Å². The highest BCUT2D eigenvalue weighted by Gasteiger charge is 2.49. The van der Waals surface area contributed by atoms with Gasteiger partial charge in [-0.05, 0) is 55.7 Å². The predicted octanol–water partition coefficient (Wildman–Crippen LogP) is 5.46. The van der Waals surface area contributed by atoms with E-state index >= 15 is 0 Å². The van der Waals surface area contributed by atoms with E-state index in [2.05, 4.69) is 19.2 Å². The van der Waals surface area contributed by atoms with Crippen LogP contribution in [0.15, 0.2) is 41.8 Å². The minimum absolute atomic E-state index is 0.0755. The molecule has 0 bridgehead atoms. The molecule has 3 heterocycles. The summed E-state index contributed by atoms with van der Waals surface area (Å²) in [6.07, 6.45) is 3.30. The van der Waals surface area contributed by atoms with Crippen LogP contribution in [-0.4, -0.2) is 39.5 Å². The summed E-state index contributed by atoms with van der Waals surface area (Å²) in [6.45, 7) is 9.65. The van der Waals surface area contributed by atoms with Gasteiger partial charge in [-0.25, -0.2) is 0 Å². The Hall–Kier alpha value is -2.80. The molecule has 1 fully saturated rings. The lowest BCUT2D eigenvalue weighted by molar-refractivity contribution is -0.134. The number of hydrogen-bond donors (Lipinski definition) is 1. The van der Waals surface area contributed by atoms with E-state index in [1.165, 1.54) is 6.42 Å². The number of aromatic nitrogens is 1. The summed E-state index contributed by atoms with van der Waals surface area (Å²) >= 11 is 1.62. The van der Waals surface area contributed by atoms with Crippen LogP contribution in [0, 0.1) is 11.8 Å². The second-order valence-corrected chi connectivity index (χ2v) is 11.3. The zero-order valence-electron chi connectivity index (χ0n) is 21.0. The third kappa shape index (κ3) is 4.14. The number of rotatable bonds is 6. The van der Waals surface area contributed by atoms with Crippen molar-refractivity contribution in [2.75, 3.05) is 6.61 Å². The summed E-state index contributed by atoms with van der Waals surface area (Å²) in [5.74, 6) is 1.54. The lowest BCUT2D eigenvalue weighted by Gasteiger charge is -2.45. The van der Waals surface area contributed by atoms with Crippen LogP contribution < -0.4 is 10.1 Å². The topological polar surface area (TPSA) is 63.6 Å². The van der Waals surface area contributed by atoms with E-state index in [0.29, 0.717) is 37.2 Å². The van der Waals surface area contributed by atoms with Gasteiger partial charge in [0.25, 0.3) is 5.91 Å². The van der Waals surface area contributed by atoms with Crippen molar-refractivity contribution in [3.8, 4) is 5.75 Å². The van der Waals surface area contributed by atoms with Crippen LogP contribution in [0.5, 0.6) is 5.75 Å². The van der Waals surface area contributed by atoms with Crippen LogP contribution in [0.1, 0.15) is 63.0 Å². The molecule has 1 N–H and O–H groups in total. The van der Waals surface area contributed by atoms with Crippen LogP contribution in [0.2, 0.25) is 0 Å². The molecule has 3 aromatic rings. The van der Waals surface area contributed by atoms with Crippen molar-refractivity contribution >= 4 is 33.4 Å². The summed E-state index contributed by atoms with van der Waals surface area (Å²) < 4.78 is 8.96. The maximum absolute atomic E-state index is 14.1. The van der Waals surface area contributed by atoms with Gasteiger partial charge < -0.3 is 19.5 Å². The first kappa shape index (κ1) is 23.9. The molecular formula is C28H35N3O3S. The van der Waals surface area contributed by atoms with Crippen LogP contribution in [0.25, 0.3) is 10.2 Å². The maximum atomic E-state index is 14.1. The Bertz CT molecular complexity index is 1250. The number of carbonyl (C=O) groups excluding carboxylic acids is 2. The number of carbonyl (C=O) groups is 2. The maximum Gasteiger partial charge on any atom is 0.271 e.